The van der Waals surface area contributed by atoms with Crippen LogP contribution in [0, 0.1) is 12.3 Å². The van der Waals surface area contributed by atoms with E-state index < -0.39 is 0 Å². The van der Waals surface area contributed by atoms with Crippen LogP contribution in [0.3, 0.4) is 0 Å². The van der Waals surface area contributed by atoms with Gasteiger partial charge in [-0.3, -0.25) is 4.79 Å². The second-order valence-corrected chi connectivity index (χ2v) is 7.31. The molecule has 0 aliphatic carbocycles. The van der Waals surface area contributed by atoms with E-state index in [0.717, 1.165) is 15.8 Å². The van der Waals surface area contributed by atoms with Crippen molar-refractivity contribution in [2.45, 2.75) is 39.7 Å². The number of aryl methyl sites for hydroxylation is 1. The molecule has 0 bridgehead atoms. The molecule has 1 aromatic rings. The number of hydrogen-bond donors (Lipinski definition) is 2. The number of primary amides is 1. The molecule has 96 valence electrons. The van der Waals surface area contributed by atoms with Crippen molar-refractivity contribution in [1.29, 1.82) is 0 Å². The molecule has 1 unspecified atom stereocenters. The molecule has 17 heavy (non-hydrogen) atoms. The molecule has 4 N–H and O–H groups in total. The predicted molar refractivity (Wildman–Crippen MR) is 75.9 cm³/mol. The molecule has 5 heteroatoms. The van der Waals surface area contributed by atoms with E-state index in [0.29, 0.717) is 6.42 Å². The Labute approximate surface area is 115 Å². The van der Waals surface area contributed by atoms with Crippen molar-refractivity contribution in [1.82, 2.24) is 0 Å². The first-order chi connectivity index (χ1) is 7.71. The van der Waals surface area contributed by atoms with E-state index >= 15 is 0 Å². The molecule has 0 aromatic carbocycles. The number of thiophene rings is 1. The molecule has 0 saturated heterocycles. The zero-order valence-corrected chi connectivity index (χ0v) is 12.8. The summed E-state index contributed by atoms with van der Waals surface area (Å²) in [5.41, 5.74) is 11.3. The van der Waals surface area contributed by atoms with Crippen LogP contribution in [0.1, 0.15) is 42.5 Å². The van der Waals surface area contributed by atoms with Crippen molar-refractivity contribution in [2.75, 3.05) is 0 Å². The van der Waals surface area contributed by atoms with E-state index in [9.17, 15) is 4.79 Å². The van der Waals surface area contributed by atoms with Crippen LogP contribution in [0.4, 0.5) is 0 Å². The van der Waals surface area contributed by atoms with Crippen LogP contribution < -0.4 is 11.5 Å². The molecular weight excluding hydrogens is 300 g/mol. The van der Waals surface area contributed by atoms with Gasteiger partial charge < -0.3 is 11.5 Å². The summed E-state index contributed by atoms with van der Waals surface area (Å²) < 4.78 is 1.10. The molecule has 1 aromatic heterocycles. The lowest BCUT2D eigenvalue weighted by molar-refractivity contribution is -0.120. The molecule has 0 aliphatic rings. The number of halogens is 1. The fourth-order valence-electron chi connectivity index (χ4n) is 1.90. The fraction of sp³-hybridized carbons (Fsp3) is 0.583. The minimum Gasteiger partial charge on any atom is -0.370 e. The topological polar surface area (TPSA) is 69.1 Å². The van der Waals surface area contributed by atoms with Gasteiger partial charge in [0.05, 0.1) is 0 Å². The summed E-state index contributed by atoms with van der Waals surface area (Å²) in [6.45, 7) is 6.10. The molecule has 0 radical (unpaired) electrons. The summed E-state index contributed by atoms with van der Waals surface area (Å²) in [4.78, 5) is 13.3. The van der Waals surface area contributed by atoms with Crippen LogP contribution in [0.5, 0.6) is 0 Å². The van der Waals surface area contributed by atoms with E-state index in [1.54, 1.807) is 11.3 Å². The van der Waals surface area contributed by atoms with Gasteiger partial charge in [0.1, 0.15) is 0 Å². The Kier molecular flexibility index (Phi) is 4.75. The van der Waals surface area contributed by atoms with Crippen molar-refractivity contribution in [3.05, 3.63) is 20.3 Å². The van der Waals surface area contributed by atoms with Crippen molar-refractivity contribution in [2.24, 2.45) is 16.9 Å². The first-order valence-corrected chi connectivity index (χ1v) is 7.12. The van der Waals surface area contributed by atoms with E-state index in [2.05, 4.69) is 28.9 Å². The Morgan fingerprint density at radius 2 is 2.18 bits per heavy atom. The first-order valence-electron chi connectivity index (χ1n) is 5.51. The number of rotatable bonds is 5. The third-order valence-electron chi connectivity index (χ3n) is 2.67. The van der Waals surface area contributed by atoms with Gasteiger partial charge in [-0.1, -0.05) is 13.8 Å². The minimum atomic E-state index is -0.272. The summed E-state index contributed by atoms with van der Waals surface area (Å²) in [6, 6.07) is 2.02. The number of carbonyl (C=O) groups excluding carboxylic acids is 1. The molecule has 0 fully saturated rings. The molecule has 0 spiro atoms. The smallest absolute Gasteiger partial charge is 0.217 e. The van der Waals surface area contributed by atoms with E-state index in [4.69, 9.17) is 11.5 Å². The van der Waals surface area contributed by atoms with Gasteiger partial charge in [-0.25, -0.2) is 0 Å². The van der Waals surface area contributed by atoms with Crippen LogP contribution in [-0.4, -0.2) is 5.91 Å². The average Bonchev–Trinajstić information content (AvgIpc) is 2.43. The third kappa shape index (κ3) is 4.41. The van der Waals surface area contributed by atoms with Gasteiger partial charge in [0, 0.05) is 26.7 Å². The summed E-state index contributed by atoms with van der Waals surface area (Å²) >= 11 is 5.18. The highest BCUT2D eigenvalue weighted by Crippen LogP contribution is 2.36. The van der Waals surface area contributed by atoms with Gasteiger partial charge in [-0.05, 0) is 40.8 Å². The monoisotopic (exact) mass is 318 g/mol. The minimum absolute atomic E-state index is 0.0423. The molecule has 0 saturated carbocycles. The van der Waals surface area contributed by atoms with Gasteiger partial charge in [0.15, 0.2) is 0 Å². The summed E-state index contributed by atoms with van der Waals surface area (Å²) in [7, 11) is 0. The number of nitrogens with two attached hydrogens (primary N) is 2. The molecule has 1 rings (SSSR count). The van der Waals surface area contributed by atoms with Gasteiger partial charge in [-0.15, -0.1) is 11.3 Å². The van der Waals surface area contributed by atoms with Crippen LogP contribution in [0.15, 0.2) is 10.5 Å². The predicted octanol–water partition coefficient (Wildman–Crippen LogP) is 3.11. The summed E-state index contributed by atoms with van der Waals surface area (Å²) in [6.07, 6.45) is 1.12. The van der Waals surface area contributed by atoms with Gasteiger partial charge in [0.25, 0.3) is 0 Å². The van der Waals surface area contributed by atoms with Crippen LogP contribution in [0.2, 0.25) is 0 Å². The fourth-order valence-corrected chi connectivity index (χ4v) is 3.47. The van der Waals surface area contributed by atoms with Crippen molar-refractivity contribution >= 4 is 33.2 Å². The average molecular weight is 319 g/mol. The highest BCUT2D eigenvalue weighted by Gasteiger charge is 2.25. The largest absolute Gasteiger partial charge is 0.370 e. The Bertz CT molecular complexity index is 395. The van der Waals surface area contributed by atoms with Crippen LogP contribution >= 0.6 is 27.3 Å². The van der Waals surface area contributed by atoms with E-state index in [1.165, 1.54) is 4.88 Å². The second kappa shape index (κ2) is 5.50. The van der Waals surface area contributed by atoms with Crippen molar-refractivity contribution in [3.8, 4) is 0 Å². The van der Waals surface area contributed by atoms with E-state index in [-0.39, 0.29) is 17.4 Å². The lowest BCUT2D eigenvalue weighted by Gasteiger charge is -2.26. The number of hydrogen-bond acceptors (Lipinski definition) is 3. The van der Waals surface area contributed by atoms with E-state index in [1.807, 2.05) is 13.8 Å². The Balaban J connectivity index is 2.71. The maximum Gasteiger partial charge on any atom is 0.217 e. The molecule has 1 atom stereocenters. The van der Waals surface area contributed by atoms with Crippen molar-refractivity contribution in [3.63, 3.8) is 0 Å². The lowest BCUT2D eigenvalue weighted by Crippen LogP contribution is -2.26. The molecule has 3 nitrogen and oxygen atoms in total. The van der Waals surface area contributed by atoms with Crippen LogP contribution in [0.25, 0.3) is 0 Å². The summed E-state index contributed by atoms with van der Waals surface area (Å²) in [5, 5.41) is 0. The molecule has 1 heterocycles. The van der Waals surface area contributed by atoms with Gasteiger partial charge in [-0.2, -0.15) is 0 Å². The quantitative estimate of drug-likeness (QED) is 0.875. The van der Waals surface area contributed by atoms with Gasteiger partial charge >= 0.3 is 0 Å². The van der Waals surface area contributed by atoms with Gasteiger partial charge in [0.2, 0.25) is 5.91 Å². The maximum atomic E-state index is 11.0. The number of carbonyl (C=O) groups is 1. The normalized spacial score (nSPS) is 13.7. The Morgan fingerprint density at radius 3 is 2.59 bits per heavy atom. The highest BCUT2D eigenvalue weighted by molar-refractivity contribution is 9.10. The molecule has 1 amide bonds. The van der Waals surface area contributed by atoms with Crippen LogP contribution in [-0.2, 0) is 4.79 Å². The maximum absolute atomic E-state index is 11.0. The zero-order chi connectivity index (χ0) is 13.2. The second-order valence-electron chi connectivity index (χ2n) is 5.17. The lowest BCUT2D eigenvalue weighted by atomic mass is 9.82. The Hall–Kier alpha value is -0.390. The Morgan fingerprint density at radius 1 is 1.59 bits per heavy atom. The first kappa shape index (κ1) is 14.7. The standard InChI is InChI=1S/C12H19BrN2OS/c1-7-8(13)4-10(17-7)9(14)5-12(2,3)6-11(15)16/h4,9H,5-6,14H2,1-3H3,(H2,15,16). The zero-order valence-electron chi connectivity index (χ0n) is 10.4. The SMILES string of the molecule is Cc1sc(C(N)CC(C)(C)CC(N)=O)cc1Br. The molecule has 0 aliphatic heterocycles. The summed E-state index contributed by atoms with van der Waals surface area (Å²) in [5.74, 6) is -0.272. The van der Waals surface area contributed by atoms with Crippen molar-refractivity contribution < 1.29 is 4.79 Å². The highest BCUT2D eigenvalue weighted by atomic mass is 79.9. The molecular formula is C12H19BrN2OS. The number of amides is 1. The third-order valence-corrected chi connectivity index (χ3v) is 4.94.